The first kappa shape index (κ1) is 19.2. The van der Waals surface area contributed by atoms with Crippen LogP contribution in [0.5, 0.6) is 11.5 Å². The van der Waals surface area contributed by atoms with Crippen LogP contribution >= 0.6 is 33.9 Å². The predicted octanol–water partition coefficient (Wildman–Crippen LogP) is 4.25. The Morgan fingerprint density at radius 2 is 2.11 bits per heavy atom. The van der Waals surface area contributed by atoms with Crippen LogP contribution in [0.1, 0.15) is 25.8 Å². The number of fused-ring (bicyclic) bond motifs is 3. The van der Waals surface area contributed by atoms with Gasteiger partial charge in [-0.25, -0.2) is 9.38 Å². The number of imidazole rings is 1. The van der Waals surface area contributed by atoms with E-state index in [4.69, 9.17) is 9.47 Å². The van der Waals surface area contributed by atoms with E-state index in [-0.39, 0.29) is 11.7 Å². The summed E-state index contributed by atoms with van der Waals surface area (Å²) in [4.78, 5) is 18.2. The molecule has 4 rings (SSSR count). The van der Waals surface area contributed by atoms with E-state index in [1.54, 1.807) is 11.5 Å². The molecule has 144 valence electrons. The Hall–Kier alpha value is -2.13. The molecule has 0 aliphatic rings. The summed E-state index contributed by atoms with van der Waals surface area (Å²) in [6, 6.07) is 11.6. The van der Waals surface area contributed by atoms with Gasteiger partial charge in [0.2, 0.25) is 0 Å². The molecule has 0 radical (unpaired) electrons. The van der Waals surface area contributed by atoms with Crippen LogP contribution in [0.3, 0.4) is 0 Å². The quantitative estimate of drug-likeness (QED) is 0.380. The maximum atomic E-state index is 12.9. The first-order valence-electron chi connectivity index (χ1n) is 8.97. The van der Waals surface area contributed by atoms with Crippen LogP contribution < -0.4 is 19.6 Å². The zero-order chi connectivity index (χ0) is 19.8. The zero-order valence-electron chi connectivity index (χ0n) is 15.7. The van der Waals surface area contributed by atoms with E-state index in [2.05, 4.69) is 34.5 Å². The minimum atomic E-state index is -0.0531. The van der Waals surface area contributed by atoms with Crippen molar-refractivity contribution in [3.8, 4) is 11.5 Å². The lowest BCUT2D eigenvalue weighted by Crippen LogP contribution is -2.22. The fourth-order valence-electron chi connectivity index (χ4n) is 2.99. The Labute approximate surface area is 179 Å². The second kappa shape index (κ2) is 7.71. The van der Waals surface area contributed by atoms with Crippen LogP contribution in [0.2, 0.25) is 0 Å². The number of ether oxygens (including phenoxy) is 2. The van der Waals surface area contributed by atoms with Crippen molar-refractivity contribution in [2.24, 2.45) is 0 Å². The number of para-hydroxylation sites is 2. The van der Waals surface area contributed by atoms with Crippen molar-refractivity contribution < 1.29 is 9.47 Å². The molecule has 5 nitrogen and oxygen atoms in total. The van der Waals surface area contributed by atoms with Gasteiger partial charge in [-0.15, -0.1) is 0 Å². The molecule has 0 N–H and O–H groups in total. The van der Waals surface area contributed by atoms with Crippen molar-refractivity contribution in [1.29, 1.82) is 0 Å². The molecule has 2 heterocycles. The maximum Gasteiger partial charge on any atom is 0.274 e. The Morgan fingerprint density at radius 1 is 1.32 bits per heavy atom. The summed E-state index contributed by atoms with van der Waals surface area (Å²) < 4.78 is 14.8. The molecule has 2 aromatic carbocycles. The lowest BCUT2D eigenvalue weighted by atomic mass is 10.2. The van der Waals surface area contributed by atoms with Gasteiger partial charge >= 0.3 is 0 Å². The van der Waals surface area contributed by atoms with Crippen LogP contribution in [0.4, 0.5) is 0 Å². The fourth-order valence-corrected chi connectivity index (χ4v) is 4.72. The molecule has 2 aromatic heterocycles. The Kier molecular flexibility index (Phi) is 5.29. The van der Waals surface area contributed by atoms with Gasteiger partial charge in [0.1, 0.15) is 0 Å². The molecular weight excluding hydrogens is 487 g/mol. The number of methoxy groups -OCH3 is 1. The van der Waals surface area contributed by atoms with Gasteiger partial charge in [0.25, 0.3) is 5.56 Å². The molecule has 4 aromatic rings. The van der Waals surface area contributed by atoms with Crippen LogP contribution in [0.25, 0.3) is 22.1 Å². The summed E-state index contributed by atoms with van der Waals surface area (Å²) in [7, 11) is 1.63. The second-order valence-electron chi connectivity index (χ2n) is 6.51. The van der Waals surface area contributed by atoms with Gasteiger partial charge in [0.05, 0.1) is 32.3 Å². The number of halogens is 1. The smallest absolute Gasteiger partial charge is 0.274 e. The third kappa shape index (κ3) is 3.37. The van der Waals surface area contributed by atoms with E-state index in [9.17, 15) is 4.79 Å². The van der Waals surface area contributed by atoms with Crippen molar-refractivity contribution in [1.82, 2.24) is 9.38 Å². The lowest BCUT2D eigenvalue weighted by molar-refractivity contribution is 0.206. The van der Waals surface area contributed by atoms with Crippen molar-refractivity contribution in [3.63, 3.8) is 0 Å². The number of benzene rings is 2. The van der Waals surface area contributed by atoms with Crippen LogP contribution in [-0.2, 0) is 0 Å². The number of nitrogens with zero attached hydrogens (tertiary/aromatic N) is 2. The van der Waals surface area contributed by atoms with E-state index < -0.39 is 0 Å². The van der Waals surface area contributed by atoms with Crippen molar-refractivity contribution in [2.45, 2.75) is 26.4 Å². The van der Waals surface area contributed by atoms with Crippen LogP contribution in [0.15, 0.2) is 41.2 Å². The molecule has 1 atom stereocenters. The zero-order valence-corrected chi connectivity index (χ0v) is 18.7. The fraction of sp³-hybridized carbons (Fsp3) is 0.238. The molecule has 0 bridgehead atoms. The minimum absolute atomic E-state index is 0.0531. The molecule has 0 saturated carbocycles. The summed E-state index contributed by atoms with van der Waals surface area (Å²) in [6.07, 6.45) is 2.90. The summed E-state index contributed by atoms with van der Waals surface area (Å²) in [6.45, 7) is 4.11. The Balaban J connectivity index is 1.84. The van der Waals surface area contributed by atoms with Crippen molar-refractivity contribution in [3.05, 3.63) is 60.4 Å². The predicted molar refractivity (Wildman–Crippen MR) is 122 cm³/mol. The van der Waals surface area contributed by atoms with Crippen molar-refractivity contribution in [2.75, 3.05) is 7.11 Å². The summed E-state index contributed by atoms with van der Waals surface area (Å²) in [5.74, 6) is 1.40. The SMILES string of the molecule is CC[C@H](C)Oc1c(I)cc(/C=c2\sc3nc4ccccc4n3c2=O)cc1OC. The van der Waals surface area contributed by atoms with E-state index in [0.29, 0.717) is 15.2 Å². The highest BCUT2D eigenvalue weighted by molar-refractivity contribution is 14.1. The standard InChI is InChI=1S/C21H19IN2O3S/c1-4-12(2)27-19-14(22)9-13(10-17(19)26-3)11-18-20(25)24-16-8-6-5-7-15(16)23-21(24)28-18/h5-12H,4H2,1-3H3/b18-11-/t12-/m0/s1. The lowest BCUT2D eigenvalue weighted by Gasteiger charge is -2.17. The molecule has 0 aliphatic carbocycles. The molecule has 0 fully saturated rings. The van der Waals surface area contributed by atoms with E-state index in [0.717, 1.165) is 32.3 Å². The highest BCUT2D eigenvalue weighted by Crippen LogP contribution is 2.35. The van der Waals surface area contributed by atoms with Gasteiger partial charge < -0.3 is 9.47 Å². The molecule has 0 aliphatic heterocycles. The van der Waals surface area contributed by atoms with E-state index in [1.807, 2.05) is 49.4 Å². The van der Waals surface area contributed by atoms with Gasteiger partial charge in [0.15, 0.2) is 16.5 Å². The minimum Gasteiger partial charge on any atom is -0.493 e. The highest BCUT2D eigenvalue weighted by Gasteiger charge is 2.15. The largest absolute Gasteiger partial charge is 0.493 e. The van der Waals surface area contributed by atoms with Crippen molar-refractivity contribution >= 4 is 56.0 Å². The topological polar surface area (TPSA) is 52.8 Å². The third-order valence-corrected chi connectivity index (χ3v) is 6.36. The molecule has 0 saturated heterocycles. The number of thiazole rings is 1. The number of rotatable bonds is 5. The molecule has 0 unspecified atom stereocenters. The van der Waals surface area contributed by atoms with E-state index >= 15 is 0 Å². The van der Waals surface area contributed by atoms with E-state index in [1.165, 1.54) is 11.3 Å². The normalized spacial score (nSPS) is 13.4. The summed E-state index contributed by atoms with van der Waals surface area (Å²) in [5, 5.41) is 0. The molecule has 0 spiro atoms. The summed E-state index contributed by atoms with van der Waals surface area (Å²) in [5.41, 5.74) is 2.51. The number of hydrogen-bond donors (Lipinski definition) is 0. The maximum absolute atomic E-state index is 12.9. The average molecular weight is 506 g/mol. The first-order valence-corrected chi connectivity index (χ1v) is 10.9. The third-order valence-electron chi connectivity index (χ3n) is 4.59. The summed E-state index contributed by atoms with van der Waals surface area (Å²) >= 11 is 3.63. The van der Waals surface area contributed by atoms with Crippen LogP contribution in [0, 0.1) is 3.57 Å². The average Bonchev–Trinajstić information content (AvgIpc) is 3.19. The van der Waals surface area contributed by atoms with Gasteiger partial charge in [-0.1, -0.05) is 30.4 Å². The van der Waals surface area contributed by atoms with Gasteiger partial charge in [-0.3, -0.25) is 4.79 Å². The Morgan fingerprint density at radius 3 is 2.86 bits per heavy atom. The Bertz CT molecular complexity index is 1280. The van der Waals surface area contributed by atoms with Gasteiger partial charge in [-0.2, -0.15) is 0 Å². The molecular formula is C21H19IN2O3S. The molecule has 7 heteroatoms. The van der Waals surface area contributed by atoms with Gasteiger partial charge in [-0.05, 0) is 71.8 Å². The molecule has 28 heavy (non-hydrogen) atoms. The number of aromatic nitrogens is 2. The monoisotopic (exact) mass is 506 g/mol. The van der Waals surface area contributed by atoms with Gasteiger partial charge in [0, 0.05) is 0 Å². The number of hydrogen-bond acceptors (Lipinski definition) is 5. The second-order valence-corrected chi connectivity index (χ2v) is 8.68. The highest BCUT2D eigenvalue weighted by atomic mass is 127. The molecule has 0 amide bonds. The first-order chi connectivity index (χ1) is 13.5. The van der Waals surface area contributed by atoms with Crippen LogP contribution in [-0.4, -0.2) is 22.6 Å².